The van der Waals surface area contributed by atoms with Crippen LogP contribution in [-0.2, 0) is 20.6 Å². The van der Waals surface area contributed by atoms with Crippen molar-refractivity contribution in [3.63, 3.8) is 0 Å². The van der Waals surface area contributed by atoms with E-state index in [1.54, 1.807) is 6.07 Å². The molecule has 2 heterocycles. The van der Waals surface area contributed by atoms with Crippen molar-refractivity contribution in [3.05, 3.63) is 29.8 Å². The SMILES string of the molecule is C(OCC1CO1)C1CO1.CCCCCCCCCCCCCCCCCCc1ccccc1O. The van der Waals surface area contributed by atoms with Crippen LogP contribution in [0.1, 0.15) is 115 Å². The summed E-state index contributed by atoms with van der Waals surface area (Å²) in [5.41, 5.74) is 1.10. The van der Waals surface area contributed by atoms with Crippen LogP contribution >= 0.6 is 0 Å². The lowest BCUT2D eigenvalue weighted by Gasteiger charge is -2.05. The summed E-state index contributed by atoms with van der Waals surface area (Å²) in [6.07, 6.45) is 24.3. The van der Waals surface area contributed by atoms with Crippen LogP contribution in [0.25, 0.3) is 0 Å². The van der Waals surface area contributed by atoms with E-state index in [0.717, 1.165) is 38.4 Å². The fraction of sp³-hybridized carbons (Fsp3) is 0.800. The number of benzene rings is 1. The molecule has 0 radical (unpaired) electrons. The van der Waals surface area contributed by atoms with Gasteiger partial charge in [-0.2, -0.15) is 0 Å². The average molecular weight is 477 g/mol. The van der Waals surface area contributed by atoms with Gasteiger partial charge in [-0.15, -0.1) is 0 Å². The molecule has 2 atom stereocenters. The minimum absolute atomic E-state index is 0.392. The van der Waals surface area contributed by atoms with Crippen molar-refractivity contribution >= 4 is 0 Å². The topological polar surface area (TPSA) is 54.5 Å². The van der Waals surface area contributed by atoms with Crippen molar-refractivity contribution in [1.29, 1.82) is 0 Å². The van der Waals surface area contributed by atoms with Gasteiger partial charge in [-0.05, 0) is 24.5 Å². The summed E-state index contributed by atoms with van der Waals surface area (Å²) in [6, 6.07) is 7.75. The third-order valence-corrected chi connectivity index (χ3v) is 6.70. The molecular formula is C30H52O4. The van der Waals surface area contributed by atoms with Crippen molar-refractivity contribution in [3.8, 4) is 5.75 Å². The number of epoxide rings is 2. The summed E-state index contributed by atoms with van der Waals surface area (Å²) in [7, 11) is 0. The molecule has 1 aromatic rings. The molecule has 3 rings (SSSR count). The smallest absolute Gasteiger partial charge is 0.118 e. The normalized spacial score (nSPS) is 18.4. The maximum Gasteiger partial charge on any atom is 0.118 e. The number of aryl methyl sites for hydroxylation is 1. The highest BCUT2D eigenvalue weighted by Crippen LogP contribution is 2.19. The molecule has 4 nitrogen and oxygen atoms in total. The maximum absolute atomic E-state index is 9.74. The number of para-hydroxylation sites is 1. The molecular weight excluding hydrogens is 424 g/mol. The van der Waals surface area contributed by atoms with E-state index in [4.69, 9.17) is 14.2 Å². The van der Waals surface area contributed by atoms with Crippen LogP contribution in [0, 0.1) is 0 Å². The summed E-state index contributed by atoms with van der Waals surface area (Å²) in [5, 5.41) is 9.74. The van der Waals surface area contributed by atoms with Gasteiger partial charge in [0.2, 0.25) is 0 Å². The first kappa shape index (κ1) is 29.1. The van der Waals surface area contributed by atoms with Crippen LogP contribution in [0.3, 0.4) is 0 Å². The molecule has 0 aliphatic carbocycles. The number of aromatic hydroxyl groups is 1. The highest BCUT2D eigenvalue weighted by molar-refractivity contribution is 5.31. The molecule has 2 unspecified atom stereocenters. The van der Waals surface area contributed by atoms with Gasteiger partial charge in [-0.25, -0.2) is 0 Å². The monoisotopic (exact) mass is 476 g/mol. The van der Waals surface area contributed by atoms with Crippen LogP contribution in [0.4, 0.5) is 0 Å². The molecule has 1 N–H and O–H groups in total. The number of hydrogen-bond acceptors (Lipinski definition) is 4. The summed E-state index contributed by atoms with van der Waals surface area (Å²) in [6.45, 7) is 5.55. The molecule has 2 aliphatic rings. The number of ether oxygens (including phenoxy) is 3. The number of hydrogen-bond donors (Lipinski definition) is 1. The van der Waals surface area contributed by atoms with Gasteiger partial charge in [0, 0.05) is 0 Å². The molecule has 0 amide bonds. The van der Waals surface area contributed by atoms with Gasteiger partial charge in [0.05, 0.1) is 26.4 Å². The summed E-state index contributed by atoms with van der Waals surface area (Å²) < 4.78 is 15.1. The van der Waals surface area contributed by atoms with Crippen LogP contribution in [0.2, 0.25) is 0 Å². The predicted octanol–water partition coefficient (Wildman–Crippen LogP) is 8.00. The van der Waals surface area contributed by atoms with Crippen LogP contribution in [0.15, 0.2) is 24.3 Å². The Balaban J connectivity index is 0.000000371. The lowest BCUT2D eigenvalue weighted by molar-refractivity contribution is 0.102. The Labute approximate surface area is 209 Å². The summed E-state index contributed by atoms with van der Waals surface area (Å²) in [4.78, 5) is 0. The third kappa shape index (κ3) is 17.4. The molecule has 2 saturated heterocycles. The molecule has 4 heteroatoms. The van der Waals surface area contributed by atoms with Crippen LogP contribution < -0.4 is 0 Å². The van der Waals surface area contributed by atoms with Gasteiger partial charge in [0.15, 0.2) is 0 Å². The third-order valence-electron chi connectivity index (χ3n) is 6.70. The summed E-state index contributed by atoms with van der Waals surface area (Å²) >= 11 is 0. The fourth-order valence-corrected chi connectivity index (χ4v) is 4.25. The molecule has 0 aromatic heterocycles. The zero-order chi connectivity index (χ0) is 24.1. The quantitative estimate of drug-likeness (QED) is 0.144. The van der Waals surface area contributed by atoms with Crippen molar-refractivity contribution in [1.82, 2.24) is 0 Å². The second-order valence-corrected chi connectivity index (χ2v) is 10.1. The first-order valence-electron chi connectivity index (χ1n) is 14.4. The van der Waals surface area contributed by atoms with Crippen molar-refractivity contribution in [2.45, 2.75) is 128 Å². The van der Waals surface area contributed by atoms with Crippen molar-refractivity contribution < 1.29 is 19.3 Å². The number of phenolic OH excluding ortho intramolecular Hbond substituents is 1. The zero-order valence-electron chi connectivity index (χ0n) is 22.0. The van der Waals surface area contributed by atoms with E-state index in [-0.39, 0.29) is 0 Å². The van der Waals surface area contributed by atoms with E-state index in [1.165, 1.54) is 103 Å². The molecule has 2 fully saturated rings. The van der Waals surface area contributed by atoms with Gasteiger partial charge < -0.3 is 19.3 Å². The number of unbranched alkanes of at least 4 members (excludes halogenated alkanes) is 15. The molecule has 0 saturated carbocycles. The van der Waals surface area contributed by atoms with E-state index in [1.807, 2.05) is 18.2 Å². The van der Waals surface area contributed by atoms with E-state index in [2.05, 4.69) is 6.92 Å². The van der Waals surface area contributed by atoms with Crippen molar-refractivity contribution in [2.24, 2.45) is 0 Å². The Morgan fingerprint density at radius 3 is 1.50 bits per heavy atom. The van der Waals surface area contributed by atoms with E-state index < -0.39 is 0 Å². The molecule has 0 spiro atoms. The summed E-state index contributed by atoms with van der Waals surface area (Å²) in [5.74, 6) is 0.462. The molecule has 1 aromatic carbocycles. The number of rotatable bonds is 21. The molecule has 0 bridgehead atoms. The van der Waals surface area contributed by atoms with Gasteiger partial charge in [-0.1, -0.05) is 121 Å². The second kappa shape index (κ2) is 20.1. The largest absolute Gasteiger partial charge is 0.508 e. The highest BCUT2D eigenvalue weighted by Gasteiger charge is 2.26. The van der Waals surface area contributed by atoms with Crippen LogP contribution in [-0.4, -0.2) is 43.7 Å². The minimum atomic E-state index is 0.392. The standard InChI is InChI=1S/C24H42O.C6H10O3/c1-2-3-4-5-6-7-8-9-10-11-12-13-14-15-16-17-20-23-21-18-19-22-24(23)25;1(5-3-8-5)7-2-6-4-9-6/h18-19,21-22,25H,2-17,20H2,1H3;5-6H,1-4H2. The molecule has 2 aliphatic heterocycles. The lowest BCUT2D eigenvalue weighted by Crippen LogP contribution is -2.06. The van der Waals surface area contributed by atoms with Gasteiger partial charge >= 0.3 is 0 Å². The Morgan fingerprint density at radius 1 is 0.676 bits per heavy atom. The first-order valence-corrected chi connectivity index (χ1v) is 14.4. The lowest BCUT2D eigenvalue weighted by atomic mass is 10.0. The number of phenols is 1. The van der Waals surface area contributed by atoms with Gasteiger partial charge in [-0.3, -0.25) is 0 Å². The molecule has 34 heavy (non-hydrogen) atoms. The fourth-order valence-electron chi connectivity index (χ4n) is 4.25. The van der Waals surface area contributed by atoms with E-state index in [9.17, 15) is 5.11 Å². The van der Waals surface area contributed by atoms with Crippen LogP contribution in [0.5, 0.6) is 5.75 Å². The highest BCUT2D eigenvalue weighted by atomic mass is 16.6. The minimum Gasteiger partial charge on any atom is -0.508 e. The van der Waals surface area contributed by atoms with E-state index in [0.29, 0.717) is 18.0 Å². The maximum atomic E-state index is 9.74. The Bertz CT molecular complexity index is 571. The predicted molar refractivity (Wildman–Crippen MR) is 142 cm³/mol. The zero-order valence-corrected chi connectivity index (χ0v) is 22.0. The van der Waals surface area contributed by atoms with Gasteiger partial charge in [0.25, 0.3) is 0 Å². The van der Waals surface area contributed by atoms with E-state index >= 15 is 0 Å². The molecule has 196 valence electrons. The first-order chi connectivity index (χ1) is 16.8. The second-order valence-electron chi connectivity index (χ2n) is 10.1. The van der Waals surface area contributed by atoms with Gasteiger partial charge in [0.1, 0.15) is 18.0 Å². The Hall–Kier alpha value is -1.10. The Morgan fingerprint density at radius 2 is 1.09 bits per heavy atom. The Kier molecular flexibility index (Phi) is 17.2. The van der Waals surface area contributed by atoms with Crippen molar-refractivity contribution in [2.75, 3.05) is 26.4 Å². The average Bonchev–Trinajstić information content (AvgIpc) is 3.77.